The fourth-order valence-electron chi connectivity index (χ4n) is 5.30. The third-order valence-electron chi connectivity index (χ3n) is 7.38. The van der Waals surface area contributed by atoms with Gasteiger partial charge in [-0.2, -0.15) is 0 Å². The fraction of sp³-hybridized carbons (Fsp3) is 0.636. The van der Waals surface area contributed by atoms with Crippen molar-refractivity contribution in [1.82, 2.24) is 20.0 Å². The van der Waals surface area contributed by atoms with Crippen LogP contribution in [0.1, 0.15) is 31.2 Å². The van der Waals surface area contributed by atoms with Crippen molar-refractivity contribution in [3.63, 3.8) is 0 Å². The molecule has 0 aromatic heterocycles. The average Bonchev–Trinajstić information content (AvgIpc) is 3.03. The third-order valence-corrected chi connectivity index (χ3v) is 8.99. The number of sulfone groups is 1. The van der Waals surface area contributed by atoms with Gasteiger partial charge in [0.2, 0.25) is 5.91 Å². The van der Waals surface area contributed by atoms with Gasteiger partial charge >= 0.3 is 6.03 Å². The number of carbonyl (C=O) groups excluding carboxylic acids is 2. The van der Waals surface area contributed by atoms with Crippen molar-refractivity contribution in [2.45, 2.75) is 36.8 Å². The van der Waals surface area contributed by atoms with E-state index >= 15 is 0 Å². The van der Waals surface area contributed by atoms with E-state index in [0.717, 1.165) is 25.7 Å². The van der Waals surface area contributed by atoms with Crippen LogP contribution in [0.4, 0.5) is 4.79 Å². The Balaban J connectivity index is 1.40. The molecule has 3 aliphatic rings. The standard InChI is InChI=1S/C22H32N4O4S/c1-24(2)22(18-6-4-3-5-7-18)10-8-21(9-11-22)17-26(20(28)23-21)16-19(27)25-12-14-31(29,30)15-13-25/h3-7H,8-17H2,1-2H3,(H,23,28). The zero-order valence-corrected chi connectivity index (χ0v) is 19.2. The summed E-state index contributed by atoms with van der Waals surface area (Å²) in [6.45, 7) is 0.946. The summed E-state index contributed by atoms with van der Waals surface area (Å²) in [6.07, 6.45) is 3.54. The second-order valence-corrected chi connectivity index (χ2v) is 11.7. The summed E-state index contributed by atoms with van der Waals surface area (Å²) in [5.41, 5.74) is 0.933. The Morgan fingerprint density at radius 1 is 1.06 bits per heavy atom. The molecule has 1 aromatic carbocycles. The number of nitrogens with zero attached hydrogens (tertiary/aromatic N) is 3. The van der Waals surface area contributed by atoms with E-state index in [9.17, 15) is 18.0 Å². The number of rotatable bonds is 4. The van der Waals surface area contributed by atoms with Crippen LogP contribution >= 0.6 is 0 Å². The van der Waals surface area contributed by atoms with E-state index in [1.54, 1.807) is 9.80 Å². The van der Waals surface area contributed by atoms with Gasteiger partial charge in [0.1, 0.15) is 6.54 Å². The highest BCUT2D eigenvalue weighted by atomic mass is 32.2. The third kappa shape index (κ3) is 4.30. The van der Waals surface area contributed by atoms with Crippen molar-refractivity contribution < 1.29 is 18.0 Å². The predicted octanol–water partition coefficient (Wildman–Crippen LogP) is 1.04. The summed E-state index contributed by atoms with van der Waals surface area (Å²) >= 11 is 0. The summed E-state index contributed by atoms with van der Waals surface area (Å²) < 4.78 is 23.2. The smallest absolute Gasteiger partial charge is 0.318 e. The number of nitrogens with one attached hydrogen (secondary N) is 1. The zero-order chi connectivity index (χ0) is 22.3. The van der Waals surface area contributed by atoms with Crippen LogP contribution in [0.2, 0.25) is 0 Å². The quantitative estimate of drug-likeness (QED) is 0.743. The Kier molecular flexibility index (Phi) is 5.76. The van der Waals surface area contributed by atoms with Gasteiger partial charge in [0.25, 0.3) is 0 Å². The van der Waals surface area contributed by atoms with Crippen molar-refractivity contribution in [2.75, 3.05) is 51.8 Å². The lowest BCUT2D eigenvalue weighted by molar-refractivity contribution is -0.131. The minimum absolute atomic E-state index is 0.000970. The Hall–Kier alpha value is -2.13. The van der Waals surface area contributed by atoms with Crippen molar-refractivity contribution in [1.29, 1.82) is 0 Å². The van der Waals surface area contributed by atoms with Gasteiger partial charge < -0.3 is 15.1 Å². The first-order valence-electron chi connectivity index (χ1n) is 10.9. The molecule has 1 N–H and O–H groups in total. The molecular weight excluding hydrogens is 416 g/mol. The summed E-state index contributed by atoms with van der Waals surface area (Å²) in [6, 6.07) is 10.3. The van der Waals surface area contributed by atoms with E-state index in [2.05, 4.69) is 48.6 Å². The lowest BCUT2D eigenvalue weighted by Gasteiger charge is -2.48. The van der Waals surface area contributed by atoms with E-state index in [0.29, 0.717) is 6.54 Å². The van der Waals surface area contributed by atoms with Crippen molar-refractivity contribution in [3.05, 3.63) is 35.9 Å². The molecule has 0 atom stereocenters. The van der Waals surface area contributed by atoms with Crippen LogP contribution in [0.15, 0.2) is 30.3 Å². The second-order valence-electron chi connectivity index (χ2n) is 9.39. The van der Waals surface area contributed by atoms with Gasteiger partial charge in [0.05, 0.1) is 17.0 Å². The monoisotopic (exact) mass is 448 g/mol. The molecule has 1 aromatic rings. The molecule has 1 saturated carbocycles. The molecule has 9 heteroatoms. The van der Waals surface area contributed by atoms with Crippen molar-refractivity contribution in [3.8, 4) is 0 Å². The molecule has 31 heavy (non-hydrogen) atoms. The van der Waals surface area contributed by atoms with Crippen LogP contribution in [0.3, 0.4) is 0 Å². The number of hydrogen-bond donors (Lipinski definition) is 1. The summed E-state index contributed by atoms with van der Waals surface area (Å²) in [5.74, 6) is -0.174. The highest BCUT2D eigenvalue weighted by molar-refractivity contribution is 7.91. The minimum Gasteiger partial charge on any atom is -0.339 e. The zero-order valence-electron chi connectivity index (χ0n) is 18.3. The molecule has 0 bridgehead atoms. The Morgan fingerprint density at radius 2 is 1.68 bits per heavy atom. The number of benzene rings is 1. The molecule has 8 nitrogen and oxygen atoms in total. The number of carbonyl (C=O) groups is 2. The molecule has 2 saturated heterocycles. The first-order chi connectivity index (χ1) is 14.6. The SMILES string of the molecule is CN(C)C1(c2ccccc2)CCC2(CC1)CN(CC(=O)N1CCS(=O)(=O)CC1)C(=O)N2. The highest BCUT2D eigenvalue weighted by Gasteiger charge is 2.50. The lowest BCUT2D eigenvalue weighted by atomic mass is 9.69. The maximum Gasteiger partial charge on any atom is 0.318 e. The van der Waals surface area contributed by atoms with Gasteiger partial charge in [-0.1, -0.05) is 30.3 Å². The van der Waals surface area contributed by atoms with Crippen LogP contribution < -0.4 is 5.32 Å². The fourth-order valence-corrected chi connectivity index (χ4v) is 6.50. The van der Waals surface area contributed by atoms with E-state index in [4.69, 9.17) is 0 Å². The van der Waals surface area contributed by atoms with Gasteiger partial charge in [0.15, 0.2) is 9.84 Å². The van der Waals surface area contributed by atoms with Crippen LogP contribution in [-0.2, 0) is 20.2 Å². The largest absolute Gasteiger partial charge is 0.339 e. The molecule has 2 heterocycles. The van der Waals surface area contributed by atoms with Gasteiger partial charge in [0, 0.05) is 25.2 Å². The van der Waals surface area contributed by atoms with E-state index in [-0.39, 0.29) is 54.2 Å². The minimum atomic E-state index is -3.04. The van der Waals surface area contributed by atoms with Crippen LogP contribution in [0.5, 0.6) is 0 Å². The topological polar surface area (TPSA) is 90.0 Å². The molecule has 4 rings (SSSR count). The molecule has 1 aliphatic carbocycles. The summed E-state index contributed by atoms with van der Waals surface area (Å²) in [4.78, 5) is 30.8. The molecule has 0 unspecified atom stereocenters. The average molecular weight is 449 g/mol. The molecule has 0 radical (unpaired) electrons. The van der Waals surface area contributed by atoms with Crippen LogP contribution in [-0.4, -0.2) is 92.4 Å². The first kappa shape index (κ1) is 22.1. The Bertz CT molecular complexity index is 926. The summed E-state index contributed by atoms with van der Waals surface area (Å²) in [7, 11) is 1.18. The molecule has 1 spiro atoms. The number of amides is 3. The number of hydrogen-bond acceptors (Lipinski definition) is 5. The first-order valence-corrected chi connectivity index (χ1v) is 12.8. The Labute approximate surface area is 184 Å². The van der Waals surface area contributed by atoms with Gasteiger partial charge in [-0.05, 0) is 45.3 Å². The van der Waals surface area contributed by atoms with E-state index in [1.165, 1.54) is 5.56 Å². The normalized spacial score (nSPS) is 30.6. The lowest BCUT2D eigenvalue weighted by Crippen LogP contribution is -2.54. The summed E-state index contributed by atoms with van der Waals surface area (Å²) in [5, 5.41) is 3.17. The van der Waals surface area contributed by atoms with Crippen molar-refractivity contribution >= 4 is 21.8 Å². The van der Waals surface area contributed by atoms with Gasteiger partial charge in [-0.15, -0.1) is 0 Å². The number of urea groups is 1. The molecule has 3 fully saturated rings. The molecular formula is C22H32N4O4S. The highest BCUT2D eigenvalue weighted by Crippen LogP contribution is 2.45. The molecule has 2 aliphatic heterocycles. The Morgan fingerprint density at radius 3 is 2.26 bits per heavy atom. The molecule has 170 valence electrons. The maximum atomic E-state index is 12.7. The van der Waals surface area contributed by atoms with E-state index in [1.807, 2.05) is 6.07 Å². The molecule has 3 amide bonds. The van der Waals surface area contributed by atoms with Crippen molar-refractivity contribution in [2.24, 2.45) is 0 Å². The van der Waals surface area contributed by atoms with Crippen LogP contribution in [0.25, 0.3) is 0 Å². The second kappa shape index (κ2) is 8.09. The van der Waals surface area contributed by atoms with E-state index < -0.39 is 9.84 Å². The maximum absolute atomic E-state index is 12.7. The van der Waals surface area contributed by atoms with Crippen LogP contribution in [0, 0.1) is 0 Å². The van der Waals surface area contributed by atoms with Gasteiger partial charge in [-0.3, -0.25) is 9.69 Å². The predicted molar refractivity (Wildman–Crippen MR) is 118 cm³/mol. The van der Waals surface area contributed by atoms with Gasteiger partial charge in [-0.25, -0.2) is 13.2 Å².